The van der Waals surface area contributed by atoms with Crippen molar-refractivity contribution in [2.75, 3.05) is 44.8 Å². The predicted octanol–water partition coefficient (Wildman–Crippen LogP) is 0.406. The third kappa shape index (κ3) is 4.29. The number of nitrogens with zero attached hydrogens (tertiary/aromatic N) is 4. The number of H-pyrrole nitrogens is 1. The fourth-order valence-electron chi connectivity index (χ4n) is 3.69. The Balaban J connectivity index is 1.38. The number of hydrogen-bond acceptors (Lipinski definition) is 7. The summed E-state index contributed by atoms with van der Waals surface area (Å²) in [5.74, 6) is 0.0230. The van der Waals surface area contributed by atoms with Crippen molar-refractivity contribution in [3.05, 3.63) is 48.0 Å². The van der Waals surface area contributed by atoms with E-state index in [1.165, 1.54) is 0 Å². The number of amides is 2. The van der Waals surface area contributed by atoms with Crippen LogP contribution in [0.4, 0.5) is 5.69 Å². The highest BCUT2D eigenvalue weighted by molar-refractivity contribution is 5.99. The highest BCUT2D eigenvalue weighted by Gasteiger charge is 2.29. The number of aromatic amines is 1. The Hall–Kier alpha value is -3.66. The number of anilines is 1. The van der Waals surface area contributed by atoms with Gasteiger partial charge in [-0.05, 0) is 30.3 Å². The maximum atomic E-state index is 12.9. The molecule has 2 aromatic carbocycles. The Labute approximate surface area is 178 Å². The lowest BCUT2D eigenvalue weighted by molar-refractivity contribution is -0.134. The Bertz CT molecular complexity index is 1080. The largest absolute Gasteiger partial charge is 0.495 e. The lowest BCUT2D eigenvalue weighted by Gasteiger charge is -2.37. The summed E-state index contributed by atoms with van der Waals surface area (Å²) in [4.78, 5) is 29.3. The van der Waals surface area contributed by atoms with E-state index in [1.54, 1.807) is 30.2 Å². The Kier molecular flexibility index (Phi) is 5.99. The number of para-hydroxylation sites is 2. The number of nitrogens with one attached hydrogen (secondary N) is 2. The van der Waals surface area contributed by atoms with E-state index in [9.17, 15) is 14.7 Å². The van der Waals surface area contributed by atoms with Gasteiger partial charge in [0, 0.05) is 31.7 Å². The Morgan fingerprint density at radius 1 is 1.13 bits per heavy atom. The van der Waals surface area contributed by atoms with Gasteiger partial charge in [0.2, 0.25) is 5.91 Å². The molecule has 0 unspecified atom stereocenters. The lowest BCUT2D eigenvalue weighted by Crippen LogP contribution is -2.56. The van der Waals surface area contributed by atoms with E-state index in [1.807, 2.05) is 24.3 Å². The topological polar surface area (TPSA) is 124 Å². The average molecular weight is 424 g/mol. The summed E-state index contributed by atoms with van der Waals surface area (Å²) < 4.78 is 5.42. The number of ether oxygens (including phenoxy) is 1. The van der Waals surface area contributed by atoms with Gasteiger partial charge in [0.15, 0.2) is 0 Å². The highest BCUT2D eigenvalue weighted by Crippen LogP contribution is 2.28. The van der Waals surface area contributed by atoms with Crippen LogP contribution in [0.25, 0.3) is 11.0 Å². The van der Waals surface area contributed by atoms with Crippen LogP contribution in [-0.2, 0) is 4.79 Å². The molecule has 1 aromatic heterocycles. The molecule has 1 aliphatic rings. The van der Waals surface area contributed by atoms with Crippen molar-refractivity contribution in [2.24, 2.45) is 0 Å². The van der Waals surface area contributed by atoms with Gasteiger partial charge < -0.3 is 25.0 Å². The number of hydrogen-bond donors (Lipinski definition) is 3. The molecule has 1 aliphatic heterocycles. The predicted molar refractivity (Wildman–Crippen MR) is 114 cm³/mol. The van der Waals surface area contributed by atoms with Crippen LogP contribution in [0.3, 0.4) is 0 Å². The number of aliphatic hydroxyl groups excluding tert-OH is 1. The molecule has 10 nitrogen and oxygen atoms in total. The number of fused-ring (bicyclic) bond motifs is 1. The summed E-state index contributed by atoms with van der Waals surface area (Å²) in [5, 5.41) is 22.8. The fourth-order valence-corrected chi connectivity index (χ4v) is 3.69. The van der Waals surface area contributed by atoms with Gasteiger partial charge in [-0.25, -0.2) is 0 Å². The summed E-state index contributed by atoms with van der Waals surface area (Å²) in [5.41, 5.74) is 2.51. The molecule has 1 saturated heterocycles. The molecule has 0 aliphatic carbocycles. The van der Waals surface area contributed by atoms with Gasteiger partial charge in [0.1, 0.15) is 22.8 Å². The molecule has 0 radical (unpaired) electrons. The van der Waals surface area contributed by atoms with E-state index < -0.39 is 18.6 Å². The van der Waals surface area contributed by atoms with Crippen molar-refractivity contribution in [2.45, 2.75) is 6.04 Å². The summed E-state index contributed by atoms with van der Waals surface area (Å²) in [6, 6.07) is 11.6. The molecular formula is C21H24N6O4. The molecule has 10 heteroatoms. The number of benzene rings is 2. The summed E-state index contributed by atoms with van der Waals surface area (Å²) in [6.07, 6.45) is 0. The molecule has 1 fully saturated rings. The molecule has 2 heterocycles. The first kappa shape index (κ1) is 20.6. The number of aliphatic hydroxyl groups is 1. The van der Waals surface area contributed by atoms with Gasteiger partial charge in [-0.3, -0.25) is 9.59 Å². The fraction of sp³-hybridized carbons (Fsp3) is 0.333. The second-order valence-electron chi connectivity index (χ2n) is 7.22. The van der Waals surface area contributed by atoms with E-state index >= 15 is 0 Å². The number of methoxy groups -OCH3 is 1. The molecule has 0 spiro atoms. The molecule has 0 bridgehead atoms. The molecule has 4 rings (SSSR count). The van der Waals surface area contributed by atoms with Crippen molar-refractivity contribution in [3.63, 3.8) is 0 Å². The van der Waals surface area contributed by atoms with Gasteiger partial charge >= 0.3 is 0 Å². The van der Waals surface area contributed by atoms with Crippen molar-refractivity contribution >= 4 is 28.5 Å². The monoisotopic (exact) mass is 424 g/mol. The van der Waals surface area contributed by atoms with Crippen LogP contribution in [-0.4, -0.2) is 83.2 Å². The van der Waals surface area contributed by atoms with Crippen LogP contribution >= 0.6 is 0 Å². The first-order valence-corrected chi connectivity index (χ1v) is 9.99. The Morgan fingerprint density at radius 3 is 2.61 bits per heavy atom. The molecule has 162 valence electrons. The van der Waals surface area contributed by atoms with Crippen molar-refractivity contribution in [1.29, 1.82) is 0 Å². The van der Waals surface area contributed by atoms with Gasteiger partial charge in [-0.2, -0.15) is 15.4 Å². The minimum absolute atomic E-state index is 0.307. The number of carbonyl (C=O) groups is 2. The Morgan fingerprint density at radius 2 is 1.87 bits per heavy atom. The molecule has 1 atom stereocenters. The first-order chi connectivity index (χ1) is 15.1. The summed E-state index contributed by atoms with van der Waals surface area (Å²) in [7, 11) is 1.63. The second-order valence-corrected chi connectivity index (χ2v) is 7.22. The van der Waals surface area contributed by atoms with Crippen LogP contribution in [0.5, 0.6) is 5.75 Å². The van der Waals surface area contributed by atoms with Crippen molar-refractivity contribution in [1.82, 2.24) is 25.6 Å². The third-order valence-corrected chi connectivity index (χ3v) is 5.38. The first-order valence-electron chi connectivity index (χ1n) is 9.99. The zero-order valence-corrected chi connectivity index (χ0v) is 17.1. The summed E-state index contributed by atoms with van der Waals surface area (Å²) in [6.45, 7) is 1.73. The maximum Gasteiger partial charge on any atom is 0.252 e. The smallest absolute Gasteiger partial charge is 0.252 e. The normalized spacial score (nSPS) is 15.0. The lowest BCUT2D eigenvalue weighted by atomic mass is 10.1. The third-order valence-electron chi connectivity index (χ3n) is 5.38. The van der Waals surface area contributed by atoms with Crippen LogP contribution in [0.15, 0.2) is 42.5 Å². The van der Waals surface area contributed by atoms with E-state index in [2.05, 4.69) is 25.6 Å². The second kappa shape index (κ2) is 9.00. The van der Waals surface area contributed by atoms with Crippen LogP contribution in [0, 0.1) is 0 Å². The number of piperazine rings is 1. The van der Waals surface area contributed by atoms with E-state index in [-0.39, 0.29) is 5.91 Å². The SMILES string of the molecule is COc1ccccc1N1CCN(C(=O)[C@H](CO)NC(=O)c2ccc3n[nH]nc3c2)CC1. The van der Waals surface area contributed by atoms with Gasteiger partial charge in [0.05, 0.1) is 19.4 Å². The maximum absolute atomic E-state index is 12.9. The number of rotatable bonds is 6. The minimum atomic E-state index is -1.02. The molecule has 0 saturated carbocycles. The molecular weight excluding hydrogens is 400 g/mol. The zero-order valence-electron chi connectivity index (χ0n) is 17.1. The van der Waals surface area contributed by atoms with Gasteiger partial charge in [0.25, 0.3) is 5.91 Å². The minimum Gasteiger partial charge on any atom is -0.495 e. The van der Waals surface area contributed by atoms with Crippen LogP contribution in [0.2, 0.25) is 0 Å². The van der Waals surface area contributed by atoms with Gasteiger partial charge in [-0.1, -0.05) is 12.1 Å². The molecule has 31 heavy (non-hydrogen) atoms. The van der Waals surface area contributed by atoms with Crippen LogP contribution < -0.4 is 15.0 Å². The van der Waals surface area contributed by atoms with E-state index in [0.29, 0.717) is 42.8 Å². The highest BCUT2D eigenvalue weighted by atomic mass is 16.5. The van der Waals surface area contributed by atoms with E-state index in [0.717, 1.165) is 11.4 Å². The summed E-state index contributed by atoms with van der Waals surface area (Å²) >= 11 is 0. The molecule has 3 N–H and O–H groups in total. The number of aromatic nitrogens is 3. The van der Waals surface area contributed by atoms with Crippen molar-refractivity contribution in [3.8, 4) is 5.75 Å². The zero-order chi connectivity index (χ0) is 21.8. The molecule has 3 aromatic rings. The quantitative estimate of drug-likeness (QED) is 0.523. The molecule has 2 amide bonds. The average Bonchev–Trinajstić information content (AvgIpc) is 3.30. The van der Waals surface area contributed by atoms with Crippen molar-refractivity contribution < 1.29 is 19.4 Å². The van der Waals surface area contributed by atoms with E-state index in [4.69, 9.17) is 4.74 Å². The standard InChI is InChI=1S/C21H24N6O4/c1-31-19-5-3-2-4-18(19)26-8-10-27(11-9-26)21(30)17(13-28)22-20(29)14-6-7-15-16(12-14)24-25-23-15/h2-7,12,17,28H,8-11,13H2,1H3,(H,22,29)(H,23,24,25)/t17-/m0/s1. The van der Waals surface area contributed by atoms with Crippen LogP contribution in [0.1, 0.15) is 10.4 Å². The number of carbonyl (C=O) groups excluding carboxylic acids is 2. The van der Waals surface area contributed by atoms with Gasteiger partial charge in [-0.15, -0.1) is 0 Å².